The molecule has 2 aromatic rings. The first-order chi connectivity index (χ1) is 13.4. The summed E-state index contributed by atoms with van der Waals surface area (Å²) in [4.78, 5) is 13.0. The Morgan fingerprint density at radius 1 is 1.14 bits per heavy atom. The lowest BCUT2D eigenvalue weighted by molar-refractivity contribution is -0.154. The quantitative estimate of drug-likeness (QED) is 0.508. The Kier molecular flexibility index (Phi) is 8.10. The van der Waals surface area contributed by atoms with E-state index < -0.39 is 18.3 Å². The van der Waals surface area contributed by atoms with Crippen molar-refractivity contribution in [3.05, 3.63) is 54.1 Å². The van der Waals surface area contributed by atoms with Gasteiger partial charge in [0.15, 0.2) is 11.5 Å². The van der Waals surface area contributed by atoms with Gasteiger partial charge in [0, 0.05) is 6.54 Å². The zero-order valence-corrected chi connectivity index (χ0v) is 16.1. The van der Waals surface area contributed by atoms with Crippen LogP contribution in [-0.4, -0.2) is 58.7 Å². The van der Waals surface area contributed by atoms with Crippen LogP contribution in [0.3, 0.4) is 0 Å². The van der Waals surface area contributed by atoms with Crippen molar-refractivity contribution < 1.29 is 29.6 Å². The smallest absolute Gasteiger partial charge is 0.360 e. The number of carbonyl (C=O) groups is 1. The Morgan fingerprint density at radius 3 is 2.43 bits per heavy atom. The Morgan fingerprint density at radius 2 is 1.82 bits per heavy atom. The minimum Gasteiger partial charge on any atom is -0.504 e. The van der Waals surface area contributed by atoms with Gasteiger partial charge in [-0.1, -0.05) is 37.6 Å². The van der Waals surface area contributed by atoms with Gasteiger partial charge in [-0.25, -0.2) is 4.79 Å². The summed E-state index contributed by atoms with van der Waals surface area (Å²) in [7, 11) is 1.55. The molecule has 2 atom stereocenters. The second-order valence-electron chi connectivity index (χ2n) is 6.57. The van der Waals surface area contributed by atoms with Gasteiger partial charge in [0.2, 0.25) is 0 Å². The van der Waals surface area contributed by atoms with E-state index in [0.717, 1.165) is 18.4 Å². The van der Waals surface area contributed by atoms with E-state index in [-0.39, 0.29) is 24.7 Å². The van der Waals surface area contributed by atoms with Gasteiger partial charge in [0.05, 0.1) is 0 Å². The largest absolute Gasteiger partial charge is 0.504 e. The molecule has 28 heavy (non-hydrogen) atoms. The van der Waals surface area contributed by atoms with Crippen molar-refractivity contribution in [2.45, 2.75) is 32.1 Å². The molecule has 7 heteroatoms. The monoisotopic (exact) mass is 389 g/mol. The molecule has 0 aliphatic heterocycles. The third-order valence-electron chi connectivity index (χ3n) is 4.12. The highest BCUT2D eigenvalue weighted by Gasteiger charge is 2.26. The predicted octanol–water partition coefficient (Wildman–Crippen LogP) is 2.51. The van der Waals surface area contributed by atoms with Crippen LogP contribution in [0.25, 0.3) is 0 Å². The van der Waals surface area contributed by atoms with Gasteiger partial charge in [-0.15, -0.1) is 0 Å². The lowest BCUT2D eigenvalue weighted by Gasteiger charge is -2.27. The number of aryl methyl sites for hydroxylation is 1. The first-order valence-electron chi connectivity index (χ1n) is 9.18. The molecule has 7 nitrogen and oxygen atoms in total. The Balaban J connectivity index is 1.91. The molecule has 0 aromatic heterocycles. The van der Waals surface area contributed by atoms with Crippen LogP contribution in [0.5, 0.6) is 17.2 Å². The number of ether oxygens (including phenoxy) is 2. The second-order valence-corrected chi connectivity index (χ2v) is 6.57. The molecule has 0 amide bonds. The predicted molar refractivity (Wildman–Crippen MR) is 105 cm³/mol. The number of aliphatic hydroxyl groups is 1. The van der Waals surface area contributed by atoms with E-state index in [1.54, 1.807) is 37.4 Å². The van der Waals surface area contributed by atoms with Crippen LogP contribution in [0, 0.1) is 0 Å². The fourth-order valence-corrected chi connectivity index (χ4v) is 2.73. The number of hydrogen-bond acceptors (Lipinski definition) is 6. The maximum Gasteiger partial charge on any atom is 0.360 e. The Bertz CT molecular complexity index is 749. The van der Waals surface area contributed by atoms with Crippen molar-refractivity contribution in [1.29, 1.82) is 0 Å². The number of carboxylic acids is 1. The number of benzene rings is 2. The number of aliphatic carboxylic acids is 1. The normalized spacial score (nSPS) is 13.1. The van der Waals surface area contributed by atoms with Crippen LogP contribution in [-0.2, 0) is 11.2 Å². The molecule has 2 rings (SSSR count). The molecule has 0 aliphatic rings. The molecule has 0 aliphatic carbocycles. The summed E-state index contributed by atoms with van der Waals surface area (Å²) in [6.07, 6.45) is -0.244. The fraction of sp³-hybridized carbons (Fsp3) is 0.381. The summed E-state index contributed by atoms with van der Waals surface area (Å²) in [6.45, 7) is 2.01. The average molecular weight is 389 g/mol. The molecule has 152 valence electrons. The van der Waals surface area contributed by atoms with E-state index in [1.807, 2.05) is 12.1 Å². The van der Waals surface area contributed by atoms with Gasteiger partial charge in [0.25, 0.3) is 6.23 Å². The number of rotatable bonds is 11. The zero-order chi connectivity index (χ0) is 20.5. The van der Waals surface area contributed by atoms with Crippen LogP contribution >= 0.6 is 0 Å². The highest BCUT2D eigenvalue weighted by atomic mass is 16.5. The fourth-order valence-electron chi connectivity index (χ4n) is 2.73. The zero-order valence-electron chi connectivity index (χ0n) is 16.1. The minimum absolute atomic E-state index is 0.0124. The topological polar surface area (TPSA) is 99.5 Å². The van der Waals surface area contributed by atoms with Crippen LogP contribution in [0.2, 0.25) is 0 Å². The van der Waals surface area contributed by atoms with Crippen LogP contribution in [0.1, 0.15) is 18.9 Å². The molecule has 3 N–H and O–H groups in total. The maximum atomic E-state index is 11.6. The third-order valence-corrected chi connectivity index (χ3v) is 4.12. The highest BCUT2D eigenvalue weighted by molar-refractivity contribution is 5.72. The number of aliphatic hydroxyl groups excluding tert-OH is 1. The molecule has 0 radical (unpaired) electrons. The highest BCUT2D eigenvalue weighted by Crippen LogP contribution is 2.24. The van der Waals surface area contributed by atoms with E-state index in [2.05, 4.69) is 6.92 Å². The van der Waals surface area contributed by atoms with E-state index >= 15 is 0 Å². The summed E-state index contributed by atoms with van der Waals surface area (Å²) >= 11 is 0. The average Bonchev–Trinajstić information content (AvgIpc) is 2.66. The number of hydrogen-bond donors (Lipinski definition) is 3. The number of phenols is 1. The van der Waals surface area contributed by atoms with Crippen molar-refractivity contribution in [1.82, 2.24) is 4.90 Å². The number of likely N-dealkylation sites (N-methyl/N-ethyl adjacent to an activating group) is 1. The summed E-state index contributed by atoms with van der Waals surface area (Å²) in [5, 5.41) is 29.3. The van der Waals surface area contributed by atoms with Crippen molar-refractivity contribution in [2.75, 3.05) is 20.2 Å². The number of nitrogens with zero attached hydrogens (tertiary/aromatic N) is 1. The molecular formula is C21H27NO6. The first-order valence-corrected chi connectivity index (χ1v) is 9.18. The summed E-state index contributed by atoms with van der Waals surface area (Å²) < 4.78 is 11.0. The standard InChI is InChI=1S/C21H27NO6/c1-3-6-15-9-11-17(12-10-15)28-20(21(25)26)22(2)13-16(23)14-27-19-8-5-4-7-18(19)24/h4-5,7-12,16,20,23-24H,3,6,13-14H2,1-2H3,(H,25,26). The van der Waals surface area contributed by atoms with Gasteiger partial charge in [-0.3, -0.25) is 4.90 Å². The molecular weight excluding hydrogens is 362 g/mol. The molecule has 0 saturated carbocycles. The number of aromatic hydroxyl groups is 1. The van der Waals surface area contributed by atoms with Crippen LogP contribution < -0.4 is 9.47 Å². The first kappa shape index (κ1) is 21.5. The molecule has 0 spiro atoms. The molecule has 0 heterocycles. The maximum absolute atomic E-state index is 11.6. The van der Waals surface area contributed by atoms with Gasteiger partial charge in [0.1, 0.15) is 18.5 Å². The molecule has 0 fully saturated rings. The van der Waals surface area contributed by atoms with Crippen molar-refractivity contribution >= 4 is 5.97 Å². The van der Waals surface area contributed by atoms with Gasteiger partial charge < -0.3 is 24.8 Å². The van der Waals surface area contributed by atoms with Gasteiger partial charge >= 0.3 is 5.97 Å². The van der Waals surface area contributed by atoms with Crippen molar-refractivity contribution in [3.63, 3.8) is 0 Å². The Hall–Kier alpha value is -2.77. The molecule has 2 aromatic carbocycles. The minimum atomic E-state index is -1.25. The lowest BCUT2D eigenvalue weighted by atomic mass is 10.1. The van der Waals surface area contributed by atoms with E-state index in [1.165, 1.54) is 11.0 Å². The molecule has 2 unspecified atom stereocenters. The van der Waals surface area contributed by atoms with Crippen LogP contribution in [0.4, 0.5) is 0 Å². The van der Waals surface area contributed by atoms with Crippen molar-refractivity contribution in [3.8, 4) is 17.2 Å². The Labute approximate surface area is 164 Å². The van der Waals surface area contributed by atoms with Gasteiger partial charge in [-0.2, -0.15) is 0 Å². The summed E-state index contributed by atoms with van der Waals surface area (Å²) in [6, 6.07) is 13.7. The van der Waals surface area contributed by atoms with E-state index in [0.29, 0.717) is 5.75 Å². The summed E-state index contributed by atoms with van der Waals surface area (Å²) in [5.41, 5.74) is 1.16. The van der Waals surface area contributed by atoms with Crippen molar-refractivity contribution in [2.24, 2.45) is 0 Å². The van der Waals surface area contributed by atoms with Crippen LogP contribution in [0.15, 0.2) is 48.5 Å². The van der Waals surface area contributed by atoms with E-state index in [9.17, 15) is 20.1 Å². The SMILES string of the molecule is CCCc1ccc(OC(C(=O)O)N(C)CC(O)COc2ccccc2O)cc1. The lowest BCUT2D eigenvalue weighted by Crippen LogP contribution is -2.47. The molecule has 0 saturated heterocycles. The van der Waals surface area contributed by atoms with E-state index in [4.69, 9.17) is 9.47 Å². The number of phenolic OH excluding ortho intramolecular Hbond substituents is 1. The summed E-state index contributed by atoms with van der Waals surface area (Å²) in [5.74, 6) is -0.489. The number of para-hydroxylation sites is 2. The third kappa shape index (κ3) is 6.44. The second kappa shape index (κ2) is 10.5. The van der Waals surface area contributed by atoms with Gasteiger partial charge in [-0.05, 0) is 43.3 Å². The number of carboxylic acid groups (broad SMARTS) is 1. The molecule has 0 bridgehead atoms.